The Labute approximate surface area is 122 Å². The lowest BCUT2D eigenvalue weighted by Crippen LogP contribution is -2.08. The Morgan fingerprint density at radius 3 is 2.70 bits per heavy atom. The number of hydrogen-bond acceptors (Lipinski definition) is 6. The van der Waals surface area contributed by atoms with Crippen LogP contribution in [0.5, 0.6) is 0 Å². The van der Waals surface area contributed by atoms with Gasteiger partial charge in [0.25, 0.3) is 0 Å². The molecule has 20 heavy (non-hydrogen) atoms. The molecule has 0 aliphatic heterocycles. The number of anilines is 1. The molecule has 6 heteroatoms. The summed E-state index contributed by atoms with van der Waals surface area (Å²) in [5.74, 6) is 0.0804. The smallest absolute Gasteiger partial charge is 0.358 e. The molecule has 2 rings (SSSR count). The number of aromatic nitrogens is 1. The van der Waals surface area contributed by atoms with Crippen molar-refractivity contribution in [2.24, 2.45) is 5.92 Å². The van der Waals surface area contributed by atoms with E-state index in [-0.39, 0.29) is 11.5 Å². The van der Waals surface area contributed by atoms with Crippen LogP contribution in [0.2, 0.25) is 0 Å². The molecule has 1 aromatic heterocycles. The molecule has 110 valence electrons. The molecule has 0 radical (unpaired) electrons. The quantitative estimate of drug-likeness (QED) is 0.645. The Morgan fingerprint density at radius 1 is 1.40 bits per heavy atom. The fraction of sp³-hybridized carbons (Fsp3) is 0.643. The minimum atomic E-state index is -0.560. The van der Waals surface area contributed by atoms with Crippen molar-refractivity contribution >= 4 is 28.2 Å². The van der Waals surface area contributed by atoms with Crippen LogP contribution in [0.25, 0.3) is 0 Å². The van der Waals surface area contributed by atoms with Gasteiger partial charge < -0.3 is 10.1 Å². The second-order valence-corrected chi connectivity index (χ2v) is 6.11. The van der Waals surface area contributed by atoms with Crippen LogP contribution in [0.4, 0.5) is 5.13 Å². The van der Waals surface area contributed by atoms with Crippen LogP contribution in [-0.4, -0.2) is 30.4 Å². The molecule has 0 amide bonds. The first-order valence-corrected chi connectivity index (χ1v) is 7.77. The van der Waals surface area contributed by atoms with Crippen molar-refractivity contribution in [2.45, 2.75) is 39.0 Å². The maximum Gasteiger partial charge on any atom is 0.358 e. The molecule has 0 saturated heterocycles. The summed E-state index contributed by atoms with van der Waals surface area (Å²) in [6.45, 7) is 2.26. The molecule has 5 nitrogen and oxygen atoms in total. The van der Waals surface area contributed by atoms with Crippen molar-refractivity contribution in [3.63, 3.8) is 0 Å². The molecule has 1 aromatic rings. The summed E-state index contributed by atoms with van der Waals surface area (Å²) >= 11 is 1.22. The Kier molecular flexibility index (Phi) is 5.11. The number of nitrogens with one attached hydrogen (secondary N) is 1. The Morgan fingerprint density at radius 2 is 2.10 bits per heavy atom. The van der Waals surface area contributed by atoms with Crippen LogP contribution in [-0.2, 0) is 4.74 Å². The molecule has 0 unspecified atom stereocenters. The summed E-state index contributed by atoms with van der Waals surface area (Å²) < 4.78 is 4.65. The highest BCUT2D eigenvalue weighted by Crippen LogP contribution is 2.28. The summed E-state index contributed by atoms with van der Waals surface area (Å²) in [7, 11) is 1.29. The van der Waals surface area contributed by atoms with Gasteiger partial charge in [0.05, 0.1) is 7.11 Å². The molecule has 1 fully saturated rings. The number of carbonyl (C=O) groups is 2. The van der Waals surface area contributed by atoms with Crippen LogP contribution >= 0.6 is 11.3 Å². The van der Waals surface area contributed by atoms with Crippen molar-refractivity contribution in [3.05, 3.63) is 10.6 Å². The lowest BCUT2D eigenvalue weighted by atomic mass is 10.0. The predicted octanol–water partition coefficient (Wildman–Crippen LogP) is 3.12. The van der Waals surface area contributed by atoms with Gasteiger partial charge in [-0.3, -0.25) is 4.79 Å². The van der Waals surface area contributed by atoms with E-state index in [1.807, 2.05) is 0 Å². The Balaban J connectivity index is 1.97. The van der Waals surface area contributed by atoms with E-state index < -0.39 is 5.97 Å². The molecule has 1 aliphatic carbocycles. The monoisotopic (exact) mass is 296 g/mol. The van der Waals surface area contributed by atoms with Crippen molar-refractivity contribution in [1.82, 2.24) is 4.98 Å². The highest BCUT2D eigenvalue weighted by molar-refractivity contribution is 7.17. The van der Waals surface area contributed by atoms with E-state index in [4.69, 9.17) is 0 Å². The summed E-state index contributed by atoms with van der Waals surface area (Å²) in [6.07, 6.45) is 6.41. The second kappa shape index (κ2) is 6.83. The predicted molar refractivity (Wildman–Crippen MR) is 78.5 cm³/mol. The van der Waals surface area contributed by atoms with Gasteiger partial charge >= 0.3 is 5.97 Å². The van der Waals surface area contributed by atoms with Crippen molar-refractivity contribution < 1.29 is 14.3 Å². The molecule has 1 N–H and O–H groups in total. The van der Waals surface area contributed by atoms with Crippen molar-refractivity contribution in [2.75, 3.05) is 19.0 Å². The van der Waals surface area contributed by atoms with Gasteiger partial charge in [-0.25, -0.2) is 9.78 Å². The molecule has 0 aromatic carbocycles. The first kappa shape index (κ1) is 15.0. The molecule has 1 heterocycles. The number of hydrogen-bond donors (Lipinski definition) is 1. The van der Waals surface area contributed by atoms with E-state index in [0.29, 0.717) is 10.0 Å². The molecule has 0 atom stereocenters. The van der Waals surface area contributed by atoms with E-state index in [0.717, 1.165) is 18.9 Å². The normalized spacial score (nSPS) is 15.3. The van der Waals surface area contributed by atoms with Gasteiger partial charge in [-0.1, -0.05) is 37.0 Å². The van der Waals surface area contributed by atoms with Gasteiger partial charge in [0, 0.05) is 13.5 Å². The van der Waals surface area contributed by atoms with E-state index >= 15 is 0 Å². The Bertz CT molecular complexity index is 493. The van der Waals surface area contributed by atoms with Crippen molar-refractivity contribution in [1.29, 1.82) is 0 Å². The lowest BCUT2D eigenvalue weighted by molar-refractivity contribution is 0.0591. The molecular formula is C14H20N2O3S. The fourth-order valence-corrected chi connectivity index (χ4v) is 3.43. The summed E-state index contributed by atoms with van der Waals surface area (Å²) in [4.78, 5) is 27.6. The van der Waals surface area contributed by atoms with Gasteiger partial charge in [-0.15, -0.1) is 0 Å². The number of nitrogens with zero attached hydrogens (tertiary/aromatic N) is 1. The van der Waals surface area contributed by atoms with Crippen LogP contribution in [0.3, 0.4) is 0 Å². The molecule has 1 aliphatic rings. The van der Waals surface area contributed by atoms with E-state index in [1.54, 1.807) is 0 Å². The molecule has 1 saturated carbocycles. The average molecular weight is 296 g/mol. The third kappa shape index (κ3) is 3.56. The number of esters is 1. The van der Waals surface area contributed by atoms with Gasteiger partial charge in [-0.05, 0) is 12.3 Å². The zero-order valence-electron chi connectivity index (χ0n) is 11.9. The topological polar surface area (TPSA) is 68.3 Å². The highest BCUT2D eigenvalue weighted by Gasteiger charge is 2.22. The minimum absolute atomic E-state index is 0.119. The number of rotatable bonds is 6. The van der Waals surface area contributed by atoms with E-state index in [9.17, 15) is 9.59 Å². The van der Waals surface area contributed by atoms with Gasteiger partial charge in [0.1, 0.15) is 4.88 Å². The van der Waals surface area contributed by atoms with Crippen LogP contribution in [0, 0.1) is 5.92 Å². The standard InChI is InChI=1S/C14H20N2O3S/c1-9(17)12-11(13(18)19-2)16-14(20-12)15-8-7-10-5-3-4-6-10/h10H,3-8H2,1-2H3,(H,15,16). The van der Waals surface area contributed by atoms with Gasteiger partial charge in [0.15, 0.2) is 16.6 Å². The zero-order chi connectivity index (χ0) is 14.5. The highest BCUT2D eigenvalue weighted by atomic mass is 32.1. The number of carbonyl (C=O) groups excluding carboxylic acids is 2. The fourth-order valence-electron chi connectivity index (χ4n) is 2.55. The van der Waals surface area contributed by atoms with E-state index in [1.165, 1.54) is 51.1 Å². The van der Waals surface area contributed by atoms with Gasteiger partial charge in [-0.2, -0.15) is 0 Å². The number of ether oxygens (including phenoxy) is 1. The third-order valence-electron chi connectivity index (χ3n) is 3.63. The largest absolute Gasteiger partial charge is 0.464 e. The number of Topliss-reactive ketones (excluding diaryl/α,β-unsaturated/α-hetero) is 1. The Hall–Kier alpha value is -1.43. The van der Waals surface area contributed by atoms with Crippen LogP contribution in [0.1, 0.15) is 59.2 Å². The number of thiazole rings is 1. The molecule has 0 bridgehead atoms. The minimum Gasteiger partial charge on any atom is -0.464 e. The van der Waals surface area contributed by atoms with Crippen molar-refractivity contribution in [3.8, 4) is 0 Å². The zero-order valence-corrected chi connectivity index (χ0v) is 12.7. The first-order valence-electron chi connectivity index (χ1n) is 6.95. The molecule has 0 spiro atoms. The molecular weight excluding hydrogens is 276 g/mol. The maximum atomic E-state index is 11.6. The van der Waals surface area contributed by atoms with Crippen LogP contribution < -0.4 is 5.32 Å². The van der Waals surface area contributed by atoms with Gasteiger partial charge in [0.2, 0.25) is 0 Å². The number of ketones is 1. The second-order valence-electron chi connectivity index (χ2n) is 5.11. The SMILES string of the molecule is COC(=O)c1nc(NCCC2CCCC2)sc1C(C)=O. The summed E-state index contributed by atoms with van der Waals surface area (Å²) in [6, 6.07) is 0. The van der Waals surface area contributed by atoms with E-state index in [2.05, 4.69) is 15.0 Å². The summed E-state index contributed by atoms with van der Waals surface area (Å²) in [5.41, 5.74) is 0.119. The first-order chi connectivity index (χ1) is 9.61. The maximum absolute atomic E-state index is 11.6. The third-order valence-corrected chi connectivity index (χ3v) is 4.74. The summed E-state index contributed by atoms with van der Waals surface area (Å²) in [5, 5.41) is 3.83. The average Bonchev–Trinajstić information content (AvgIpc) is 3.07. The number of methoxy groups -OCH3 is 1. The lowest BCUT2D eigenvalue weighted by Gasteiger charge is -2.08. The van der Waals surface area contributed by atoms with Crippen LogP contribution in [0.15, 0.2) is 0 Å².